The highest BCUT2D eigenvalue weighted by molar-refractivity contribution is 7.87. The fraction of sp³-hybridized carbons (Fsp3) is 0.571. The SMILES string of the molecule is CNS(=O)(=O)N1CCN(CCc2ccccc2OC)CC1. The number of hydrogen-bond donors (Lipinski definition) is 1. The lowest BCUT2D eigenvalue weighted by molar-refractivity contribution is 0.189. The minimum Gasteiger partial charge on any atom is -0.496 e. The second-order valence-electron chi connectivity index (χ2n) is 5.01. The molecule has 7 heteroatoms. The van der Waals surface area contributed by atoms with Crippen LogP contribution in [0.15, 0.2) is 24.3 Å². The summed E-state index contributed by atoms with van der Waals surface area (Å²) in [6.45, 7) is 3.50. The maximum absolute atomic E-state index is 11.7. The molecule has 1 aromatic carbocycles. The molecule has 2 rings (SSSR count). The number of hydrogen-bond acceptors (Lipinski definition) is 4. The Kier molecular flexibility index (Phi) is 5.58. The van der Waals surface area contributed by atoms with Crippen molar-refractivity contribution in [1.82, 2.24) is 13.9 Å². The first-order chi connectivity index (χ1) is 10.1. The van der Waals surface area contributed by atoms with Crippen LogP contribution < -0.4 is 9.46 Å². The summed E-state index contributed by atoms with van der Waals surface area (Å²) in [4.78, 5) is 2.29. The normalized spacial score (nSPS) is 17.8. The summed E-state index contributed by atoms with van der Waals surface area (Å²) in [5, 5.41) is 0. The number of nitrogens with one attached hydrogen (secondary N) is 1. The molecule has 21 heavy (non-hydrogen) atoms. The fourth-order valence-electron chi connectivity index (χ4n) is 2.51. The Morgan fingerprint density at radius 2 is 1.86 bits per heavy atom. The van der Waals surface area contributed by atoms with Crippen LogP contribution in [0.1, 0.15) is 5.56 Å². The van der Waals surface area contributed by atoms with E-state index < -0.39 is 10.2 Å². The molecule has 6 nitrogen and oxygen atoms in total. The Hall–Kier alpha value is -1.15. The van der Waals surface area contributed by atoms with E-state index in [0.717, 1.165) is 31.8 Å². The van der Waals surface area contributed by atoms with Crippen molar-refractivity contribution in [2.75, 3.05) is 46.9 Å². The molecular weight excluding hydrogens is 290 g/mol. The maximum Gasteiger partial charge on any atom is 0.279 e. The van der Waals surface area contributed by atoms with Crippen LogP contribution in [0.5, 0.6) is 5.75 Å². The van der Waals surface area contributed by atoms with E-state index in [1.165, 1.54) is 16.9 Å². The summed E-state index contributed by atoms with van der Waals surface area (Å²) < 4.78 is 32.6. The average molecular weight is 313 g/mol. The van der Waals surface area contributed by atoms with E-state index in [9.17, 15) is 8.42 Å². The highest BCUT2D eigenvalue weighted by atomic mass is 32.2. The lowest BCUT2D eigenvalue weighted by Crippen LogP contribution is -2.51. The summed E-state index contributed by atoms with van der Waals surface area (Å²) >= 11 is 0. The fourth-order valence-corrected chi connectivity index (χ4v) is 3.41. The summed E-state index contributed by atoms with van der Waals surface area (Å²) in [5.74, 6) is 0.911. The van der Waals surface area contributed by atoms with Crippen molar-refractivity contribution in [2.24, 2.45) is 0 Å². The summed E-state index contributed by atoms with van der Waals surface area (Å²) in [7, 11) is -0.157. The van der Waals surface area contributed by atoms with Crippen molar-refractivity contribution < 1.29 is 13.2 Å². The molecule has 0 saturated carbocycles. The molecule has 118 valence electrons. The molecule has 0 bridgehead atoms. The first-order valence-electron chi connectivity index (χ1n) is 7.09. The average Bonchev–Trinajstić information content (AvgIpc) is 2.53. The van der Waals surface area contributed by atoms with Crippen LogP contribution >= 0.6 is 0 Å². The van der Waals surface area contributed by atoms with Crippen molar-refractivity contribution in [3.8, 4) is 5.75 Å². The van der Waals surface area contributed by atoms with E-state index in [0.29, 0.717) is 13.1 Å². The lowest BCUT2D eigenvalue weighted by atomic mass is 10.1. The first-order valence-corrected chi connectivity index (χ1v) is 8.53. The van der Waals surface area contributed by atoms with E-state index >= 15 is 0 Å². The summed E-state index contributed by atoms with van der Waals surface area (Å²) in [6, 6.07) is 8.01. The van der Waals surface area contributed by atoms with E-state index in [1.54, 1.807) is 7.11 Å². The third-order valence-corrected chi connectivity index (χ3v) is 5.38. The van der Waals surface area contributed by atoms with Gasteiger partial charge in [-0.15, -0.1) is 0 Å². The molecule has 1 aromatic rings. The third kappa shape index (κ3) is 4.16. The van der Waals surface area contributed by atoms with Gasteiger partial charge in [-0.2, -0.15) is 12.7 Å². The topological polar surface area (TPSA) is 61.9 Å². The lowest BCUT2D eigenvalue weighted by Gasteiger charge is -2.33. The van der Waals surface area contributed by atoms with Crippen LogP contribution in [0.2, 0.25) is 0 Å². The Balaban J connectivity index is 1.84. The number of ether oxygens (including phenoxy) is 1. The van der Waals surface area contributed by atoms with Crippen LogP contribution in [-0.4, -0.2) is 64.5 Å². The zero-order valence-electron chi connectivity index (χ0n) is 12.6. The quantitative estimate of drug-likeness (QED) is 0.822. The Morgan fingerprint density at radius 1 is 1.19 bits per heavy atom. The van der Waals surface area contributed by atoms with Gasteiger partial charge in [-0.05, 0) is 18.1 Å². The molecule has 1 aliphatic rings. The molecule has 0 amide bonds. The van der Waals surface area contributed by atoms with Gasteiger partial charge < -0.3 is 9.64 Å². The smallest absolute Gasteiger partial charge is 0.279 e. The second-order valence-corrected chi connectivity index (χ2v) is 6.89. The van der Waals surface area contributed by atoms with Gasteiger partial charge in [0.05, 0.1) is 7.11 Å². The molecule has 0 spiro atoms. The van der Waals surface area contributed by atoms with Gasteiger partial charge in [-0.3, -0.25) is 0 Å². The van der Waals surface area contributed by atoms with E-state index in [4.69, 9.17) is 4.74 Å². The number of nitrogens with zero attached hydrogens (tertiary/aromatic N) is 2. The van der Waals surface area contributed by atoms with Crippen molar-refractivity contribution in [1.29, 1.82) is 0 Å². The summed E-state index contributed by atoms with van der Waals surface area (Å²) in [6.07, 6.45) is 0.906. The van der Waals surface area contributed by atoms with Gasteiger partial charge in [-0.1, -0.05) is 18.2 Å². The Bertz CT molecular complexity index is 554. The number of methoxy groups -OCH3 is 1. The minimum absolute atomic E-state index is 0.537. The monoisotopic (exact) mass is 313 g/mol. The van der Waals surface area contributed by atoms with Crippen molar-refractivity contribution in [3.63, 3.8) is 0 Å². The molecule has 1 fully saturated rings. The Morgan fingerprint density at radius 3 is 2.48 bits per heavy atom. The first kappa shape index (κ1) is 16.2. The summed E-state index contributed by atoms with van der Waals surface area (Å²) in [5.41, 5.74) is 1.19. The molecule has 0 radical (unpaired) electrons. The predicted octanol–water partition coefficient (Wildman–Crippen LogP) is 0.320. The zero-order chi connectivity index (χ0) is 15.3. The van der Waals surface area contributed by atoms with Gasteiger partial charge >= 0.3 is 0 Å². The van der Waals surface area contributed by atoms with Gasteiger partial charge in [0, 0.05) is 39.8 Å². The predicted molar refractivity (Wildman–Crippen MR) is 82.7 cm³/mol. The minimum atomic E-state index is -3.29. The second kappa shape index (κ2) is 7.22. The highest BCUT2D eigenvalue weighted by Gasteiger charge is 2.25. The van der Waals surface area contributed by atoms with E-state index in [1.807, 2.05) is 18.2 Å². The standard InChI is InChI=1S/C14H23N3O3S/c1-15-21(18,19)17-11-9-16(10-12-17)8-7-13-5-3-4-6-14(13)20-2/h3-6,15H,7-12H2,1-2H3. The van der Waals surface area contributed by atoms with Crippen LogP contribution in [0.4, 0.5) is 0 Å². The van der Waals surface area contributed by atoms with Crippen molar-refractivity contribution in [2.45, 2.75) is 6.42 Å². The zero-order valence-corrected chi connectivity index (χ0v) is 13.4. The van der Waals surface area contributed by atoms with Gasteiger partial charge in [0.2, 0.25) is 0 Å². The van der Waals surface area contributed by atoms with Gasteiger partial charge in [0.15, 0.2) is 0 Å². The number of para-hydroxylation sites is 1. The van der Waals surface area contributed by atoms with E-state index in [-0.39, 0.29) is 0 Å². The molecule has 1 N–H and O–H groups in total. The van der Waals surface area contributed by atoms with Crippen molar-refractivity contribution in [3.05, 3.63) is 29.8 Å². The molecule has 0 atom stereocenters. The number of rotatable bonds is 6. The van der Waals surface area contributed by atoms with Gasteiger partial charge in [0.1, 0.15) is 5.75 Å². The van der Waals surface area contributed by atoms with Gasteiger partial charge in [0.25, 0.3) is 10.2 Å². The van der Waals surface area contributed by atoms with E-state index in [2.05, 4.69) is 15.7 Å². The largest absolute Gasteiger partial charge is 0.496 e. The number of benzene rings is 1. The molecule has 1 aliphatic heterocycles. The van der Waals surface area contributed by atoms with Crippen LogP contribution in [-0.2, 0) is 16.6 Å². The molecule has 1 saturated heterocycles. The molecule has 1 heterocycles. The molecule has 0 unspecified atom stereocenters. The third-order valence-electron chi connectivity index (χ3n) is 3.82. The maximum atomic E-state index is 11.7. The van der Waals surface area contributed by atoms with Crippen LogP contribution in [0.3, 0.4) is 0 Å². The highest BCUT2D eigenvalue weighted by Crippen LogP contribution is 2.18. The van der Waals surface area contributed by atoms with Gasteiger partial charge in [-0.25, -0.2) is 4.72 Å². The molecular formula is C14H23N3O3S. The molecule has 0 aromatic heterocycles. The van der Waals surface area contributed by atoms with Crippen LogP contribution in [0, 0.1) is 0 Å². The Labute approximate surface area is 126 Å². The number of piperazine rings is 1. The van der Waals surface area contributed by atoms with Crippen molar-refractivity contribution >= 4 is 10.2 Å². The van der Waals surface area contributed by atoms with Crippen LogP contribution in [0.25, 0.3) is 0 Å². The molecule has 0 aliphatic carbocycles.